The molecule has 1 aromatic heterocycles. The fourth-order valence-corrected chi connectivity index (χ4v) is 8.52. The molecule has 0 bridgehead atoms. The third-order valence-electron chi connectivity index (χ3n) is 11.1. The van der Waals surface area contributed by atoms with Crippen LogP contribution in [0.1, 0.15) is 107 Å². The van der Waals surface area contributed by atoms with Gasteiger partial charge in [-0.3, -0.25) is 19.1 Å². The molecule has 2 saturated carbocycles. The first-order valence-electron chi connectivity index (χ1n) is 20.8. The smallest absolute Gasteiger partial charge is 0.407 e. The van der Waals surface area contributed by atoms with Crippen molar-refractivity contribution in [3.05, 3.63) is 36.4 Å². The first kappa shape index (κ1) is 45.5. The van der Waals surface area contributed by atoms with Crippen molar-refractivity contribution in [2.24, 2.45) is 17.8 Å². The van der Waals surface area contributed by atoms with Crippen molar-refractivity contribution in [3.8, 4) is 17.5 Å². The number of likely N-dealkylation sites (tertiary alicyclic amines) is 1. The van der Waals surface area contributed by atoms with Gasteiger partial charge in [0.05, 0.1) is 30.4 Å². The van der Waals surface area contributed by atoms with Gasteiger partial charge in [0.1, 0.15) is 29.0 Å². The number of hydrogen-bond donors (Lipinski definition) is 3. The van der Waals surface area contributed by atoms with Gasteiger partial charge in [0.25, 0.3) is 5.91 Å². The van der Waals surface area contributed by atoms with Crippen LogP contribution in [0.4, 0.5) is 4.79 Å². The van der Waals surface area contributed by atoms with Crippen LogP contribution in [0.2, 0.25) is 0 Å². The van der Waals surface area contributed by atoms with Gasteiger partial charge >= 0.3 is 6.09 Å². The lowest BCUT2D eigenvalue weighted by Crippen LogP contribution is -2.58. The molecule has 3 aliphatic rings. The van der Waals surface area contributed by atoms with Crippen LogP contribution in [0.15, 0.2) is 36.4 Å². The molecule has 15 nitrogen and oxygen atoms in total. The Morgan fingerprint density at radius 2 is 1.80 bits per heavy atom. The minimum absolute atomic E-state index is 0.0204. The van der Waals surface area contributed by atoms with Gasteiger partial charge < -0.3 is 34.5 Å². The number of hydrogen-bond acceptors (Lipinski definition) is 11. The maximum Gasteiger partial charge on any atom is 0.407 e. The first-order valence-corrected chi connectivity index (χ1v) is 22.2. The number of aromatic nitrogens is 1. The van der Waals surface area contributed by atoms with E-state index in [-0.39, 0.29) is 43.8 Å². The summed E-state index contributed by atoms with van der Waals surface area (Å²) in [6.07, 6.45) is 5.97. The molecule has 2 aliphatic carbocycles. The lowest BCUT2D eigenvalue weighted by molar-refractivity contribution is -0.143. The molecule has 3 N–H and O–H groups in total. The van der Waals surface area contributed by atoms with Crippen molar-refractivity contribution in [2.75, 3.05) is 20.2 Å². The number of carbonyl (C=O) groups is 4. The highest BCUT2D eigenvalue weighted by atomic mass is 32.2. The number of rotatable bonds is 18. The molecule has 2 heterocycles. The highest BCUT2D eigenvalue weighted by molar-refractivity contribution is 7.91. The number of alkyl carbamates (subject to hydrolysis) is 1. The maximum absolute atomic E-state index is 14.6. The number of nitrogens with one attached hydrogen (secondary N) is 3. The fourth-order valence-electron chi connectivity index (χ4n) is 7.21. The van der Waals surface area contributed by atoms with E-state index in [1.807, 2.05) is 52.0 Å². The molecule has 326 valence electrons. The summed E-state index contributed by atoms with van der Waals surface area (Å²) in [6.45, 7) is 16.3. The second kappa shape index (κ2) is 17.9. The predicted molar refractivity (Wildman–Crippen MR) is 224 cm³/mol. The monoisotopic (exact) mass is 841 g/mol. The van der Waals surface area contributed by atoms with Crippen molar-refractivity contribution in [3.63, 3.8) is 0 Å². The summed E-state index contributed by atoms with van der Waals surface area (Å²) in [5.41, 5.74) is -2.30. The molecule has 3 fully saturated rings. The van der Waals surface area contributed by atoms with Crippen LogP contribution in [0.25, 0.3) is 10.8 Å². The lowest BCUT2D eigenvalue weighted by Gasteiger charge is -2.31. The quantitative estimate of drug-likeness (QED) is 0.122. The summed E-state index contributed by atoms with van der Waals surface area (Å²) in [7, 11) is -2.44. The summed E-state index contributed by atoms with van der Waals surface area (Å²) < 4.78 is 51.1. The van der Waals surface area contributed by atoms with E-state index in [2.05, 4.69) is 27.3 Å². The molecule has 1 saturated heterocycles. The number of ether oxygens (including phenoxy) is 4. The number of pyridine rings is 1. The number of fused-ring (bicyclic) bond motifs is 1. The number of unbranched alkanes of at least 4 members (excludes halogenated alkanes) is 2. The standard InChI is InChI=1S/C43H63N5O10S/c1-11-12-13-14-15-29-23-43(29,39(51)47-59(53,54)42(9)18-19-42)46-36(49)34-22-31(25-48(34)38(50)33(26(2)3)24-44-40(52)58-41(6,7)8)57-37-32-17-16-30(55-10)20-28(32)21-35(45-37)56-27(4)5/h14-17,20-21,26-27,29,31,33-34H,11-13,18-19,22-25H2,1-10H3,(H,44,52)(H,46,49)(H,47,51). The number of amides is 4. The Hall–Kier alpha value is -4.60. The van der Waals surface area contributed by atoms with Crippen molar-refractivity contribution in [1.29, 1.82) is 0 Å². The van der Waals surface area contributed by atoms with E-state index in [9.17, 15) is 27.6 Å². The van der Waals surface area contributed by atoms with Gasteiger partial charge in [0.15, 0.2) is 0 Å². The molecule has 0 radical (unpaired) electrons. The third-order valence-corrected chi connectivity index (χ3v) is 13.3. The Kier molecular flexibility index (Phi) is 13.8. The third kappa shape index (κ3) is 11.0. The van der Waals surface area contributed by atoms with Gasteiger partial charge in [0, 0.05) is 30.3 Å². The minimum atomic E-state index is -4.01. The van der Waals surface area contributed by atoms with E-state index in [1.165, 1.54) is 4.90 Å². The van der Waals surface area contributed by atoms with E-state index in [4.69, 9.17) is 18.9 Å². The normalized spacial score (nSPS) is 22.9. The van der Waals surface area contributed by atoms with Gasteiger partial charge in [-0.15, -0.1) is 0 Å². The van der Waals surface area contributed by atoms with Crippen LogP contribution in [0.3, 0.4) is 0 Å². The zero-order valence-electron chi connectivity index (χ0n) is 36.2. The van der Waals surface area contributed by atoms with E-state index >= 15 is 0 Å². The highest BCUT2D eigenvalue weighted by Crippen LogP contribution is 2.47. The fraction of sp³-hybridized carbons (Fsp3) is 0.651. The van der Waals surface area contributed by atoms with Crippen molar-refractivity contribution >= 4 is 44.6 Å². The summed E-state index contributed by atoms with van der Waals surface area (Å²) in [5.74, 6) is -2.14. The predicted octanol–water partition coefficient (Wildman–Crippen LogP) is 5.80. The van der Waals surface area contributed by atoms with Gasteiger partial charge in [-0.05, 0) is 96.7 Å². The topological polar surface area (TPSA) is 192 Å². The second-order valence-electron chi connectivity index (χ2n) is 18.0. The number of benzene rings is 1. The average molecular weight is 842 g/mol. The maximum atomic E-state index is 14.6. The van der Waals surface area contributed by atoms with E-state index in [0.717, 1.165) is 24.6 Å². The number of allylic oxidation sites excluding steroid dienone is 1. The number of sulfonamides is 1. The zero-order valence-corrected chi connectivity index (χ0v) is 37.0. The Balaban J connectivity index is 1.47. The minimum Gasteiger partial charge on any atom is -0.497 e. The summed E-state index contributed by atoms with van der Waals surface area (Å²) in [4.78, 5) is 62.0. The molecule has 4 amide bonds. The largest absolute Gasteiger partial charge is 0.497 e. The Morgan fingerprint density at radius 3 is 2.41 bits per heavy atom. The number of methoxy groups -OCH3 is 1. The van der Waals surface area contributed by atoms with Crippen LogP contribution in [0.5, 0.6) is 17.5 Å². The molecule has 16 heteroatoms. The molecule has 2 aromatic rings. The van der Waals surface area contributed by atoms with Gasteiger partial charge in [-0.2, -0.15) is 4.98 Å². The molecule has 5 atom stereocenters. The Bertz CT molecular complexity index is 2030. The average Bonchev–Trinajstić information content (AvgIpc) is 4.02. The van der Waals surface area contributed by atoms with Crippen molar-refractivity contribution < 1.29 is 46.5 Å². The number of nitrogens with zero attached hydrogens (tertiary/aromatic N) is 2. The zero-order chi connectivity index (χ0) is 43.5. The van der Waals surface area contributed by atoms with E-state index < -0.39 is 73.7 Å². The summed E-state index contributed by atoms with van der Waals surface area (Å²) >= 11 is 0. The van der Waals surface area contributed by atoms with Crippen LogP contribution in [-0.4, -0.2) is 96.5 Å². The highest BCUT2D eigenvalue weighted by Gasteiger charge is 2.63. The van der Waals surface area contributed by atoms with E-state index in [0.29, 0.717) is 29.9 Å². The van der Waals surface area contributed by atoms with Crippen molar-refractivity contribution in [2.45, 2.75) is 141 Å². The summed E-state index contributed by atoms with van der Waals surface area (Å²) in [5, 5.41) is 7.04. The van der Waals surface area contributed by atoms with Gasteiger partial charge in [-0.1, -0.05) is 45.8 Å². The molecule has 5 unspecified atom stereocenters. The number of carbonyl (C=O) groups excluding carboxylic acids is 4. The van der Waals surface area contributed by atoms with Crippen LogP contribution in [0, 0.1) is 17.8 Å². The lowest BCUT2D eigenvalue weighted by atomic mass is 9.93. The molecule has 0 spiro atoms. The molecule has 59 heavy (non-hydrogen) atoms. The molecule has 1 aromatic carbocycles. The Morgan fingerprint density at radius 1 is 1.08 bits per heavy atom. The van der Waals surface area contributed by atoms with Crippen LogP contribution >= 0.6 is 0 Å². The van der Waals surface area contributed by atoms with Gasteiger partial charge in [-0.25, -0.2) is 13.2 Å². The molecule has 1 aliphatic heterocycles. The SMILES string of the molecule is CCCCC=CC1CC1(NC(=O)C1CC(Oc2nc(OC(C)C)cc3cc(OC)ccc23)CN1C(=O)C(CNC(=O)OC(C)(C)C)C(C)C)C(=O)NS(=O)(=O)C1(C)CC1. The van der Waals surface area contributed by atoms with Crippen molar-refractivity contribution in [1.82, 2.24) is 25.2 Å². The summed E-state index contributed by atoms with van der Waals surface area (Å²) in [6, 6.07) is 6.09. The van der Waals surface area contributed by atoms with E-state index in [1.54, 1.807) is 46.9 Å². The molecule has 5 rings (SSSR count). The second-order valence-corrected chi connectivity index (χ2v) is 20.2. The van der Waals surface area contributed by atoms with Gasteiger partial charge in [0.2, 0.25) is 33.6 Å². The van der Waals surface area contributed by atoms with Crippen LogP contribution < -0.4 is 29.6 Å². The molecular weight excluding hydrogens is 779 g/mol. The molecular formula is C43H63N5O10S. The Labute approximate surface area is 348 Å². The van der Waals surface area contributed by atoms with Crippen LogP contribution in [-0.2, 0) is 29.1 Å². The first-order chi connectivity index (χ1) is 27.6.